The van der Waals surface area contributed by atoms with Crippen LogP contribution in [0.1, 0.15) is 5.56 Å². The van der Waals surface area contributed by atoms with E-state index in [0.717, 1.165) is 5.56 Å². The largest absolute Gasteiger partial charge is 0.482 e. The Labute approximate surface area is 133 Å². The van der Waals surface area contributed by atoms with Gasteiger partial charge in [-0.2, -0.15) is 0 Å². The van der Waals surface area contributed by atoms with Gasteiger partial charge in [0.05, 0.1) is 5.69 Å². The number of carbonyl (C=O) groups excluding carboxylic acids is 2. The zero-order chi connectivity index (χ0) is 16.1. The van der Waals surface area contributed by atoms with Crippen LogP contribution in [-0.4, -0.2) is 30.1 Å². The van der Waals surface area contributed by atoms with Crippen LogP contribution in [0.4, 0.5) is 16.2 Å². The number of carbonyl (C=O) groups is 2. The van der Waals surface area contributed by atoms with Crippen molar-refractivity contribution >= 4 is 23.3 Å². The van der Waals surface area contributed by atoms with Crippen LogP contribution in [0.15, 0.2) is 42.7 Å². The molecule has 7 nitrogen and oxygen atoms in total. The van der Waals surface area contributed by atoms with Gasteiger partial charge in [-0.1, -0.05) is 6.07 Å². The predicted octanol–water partition coefficient (Wildman–Crippen LogP) is 1.78. The number of ether oxygens (including phenoxy) is 1. The SMILES string of the molecule is O=C1COc2cc(NC(=O)NCCc3cccnc3)ccc2N1. The van der Waals surface area contributed by atoms with Crippen LogP contribution in [0.3, 0.4) is 0 Å². The van der Waals surface area contributed by atoms with Gasteiger partial charge in [-0.25, -0.2) is 4.79 Å². The average Bonchev–Trinajstić information content (AvgIpc) is 2.56. The molecule has 3 N–H and O–H groups in total. The Morgan fingerprint density at radius 2 is 2.26 bits per heavy atom. The van der Waals surface area contributed by atoms with E-state index in [-0.39, 0.29) is 18.5 Å². The minimum atomic E-state index is -0.298. The van der Waals surface area contributed by atoms with Gasteiger partial charge in [-0.15, -0.1) is 0 Å². The molecule has 2 heterocycles. The fourth-order valence-corrected chi connectivity index (χ4v) is 2.19. The molecule has 0 aliphatic carbocycles. The van der Waals surface area contributed by atoms with Gasteiger partial charge in [0.15, 0.2) is 6.61 Å². The van der Waals surface area contributed by atoms with Gasteiger partial charge in [-0.05, 0) is 30.2 Å². The van der Waals surface area contributed by atoms with Crippen molar-refractivity contribution in [2.75, 3.05) is 23.8 Å². The van der Waals surface area contributed by atoms with Crippen molar-refractivity contribution in [2.24, 2.45) is 0 Å². The Hall–Kier alpha value is -3.09. The summed E-state index contributed by atoms with van der Waals surface area (Å²) in [7, 11) is 0. The lowest BCUT2D eigenvalue weighted by Crippen LogP contribution is -2.30. The summed E-state index contributed by atoms with van der Waals surface area (Å²) in [6.45, 7) is 0.489. The third-order valence-electron chi connectivity index (χ3n) is 3.29. The fourth-order valence-electron chi connectivity index (χ4n) is 2.19. The van der Waals surface area contributed by atoms with Crippen LogP contribution in [-0.2, 0) is 11.2 Å². The molecular formula is C16H16N4O3. The van der Waals surface area contributed by atoms with Crippen LogP contribution in [0.5, 0.6) is 5.75 Å². The van der Waals surface area contributed by atoms with Crippen molar-refractivity contribution < 1.29 is 14.3 Å². The summed E-state index contributed by atoms with van der Waals surface area (Å²) in [5.41, 5.74) is 2.26. The molecule has 0 atom stereocenters. The standard InChI is InChI=1S/C16H16N4O3/c21-15-10-23-14-8-12(3-4-13(14)20-15)19-16(22)18-7-5-11-2-1-6-17-9-11/h1-4,6,8-9H,5,7,10H2,(H,20,21)(H2,18,19,22). The van der Waals surface area contributed by atoms with E-state index in [4.69, 9.17) is 4.74 Å². The number of urea groups is 1. The summed E-state index contributed by atoms with van der Waals surface area (Å²) in [4.78, 5) is 27.1. The number of nitrogens with one attached hydrogen (secondary N) is 3. The smallest absolute Gasteiger partial charge is 0.319 e. The Morgan fingerprint density at radius 1 is 1.35 bits per heavy atom. The first-order valence-electron chi connectivity index (χ1n) is 7.21. The van der Waals surface area contributed by atoms with E-state index in [9.17, 15) is 9.59 Å². The van der Waals surface area contributed by atoms with Gasteiger partial charge in [-0.3, -0.25) is 9.78 Å². The molecule has 0 saturated heterocycles. The van der Waals surface area contributed by atoms with E-state index < -0.39 is 0 Å². The van der Waals surface area contributed by atoms with Crippen molar-refractivity contribution in [1.82, 2.24) is 10.3 Å². The monoisotopic (exact) mass is 312 g/mol. The Balaban J connectivity index is 1.51. The lowest BCUT2D eigenvalue weighted by Gasteiger charge is -2.18. The number of hydrogen-bond acceptors (Lipinski definition) is 4. The van der Waals surface area contributed by atoms with Gasteiger partial charge >= 0.3 is 6.03 Å². The quantitative estimate of drug-likeness (QED) is 0.802. The topological polar surface area (TPSA) is 92.3 Å². The molecule has 0 radical (unpaired) electrons. The van der Waals surface area contributed by atoms with Crippen molar-refractivity contribution in [3.05, 3.63) is 48.3 Å². The van der Waals surface area contributed by atoms with Gasteiger partial charge in [0.1, 0.15) is 5.75 Å². The van der Waals surface area contributed by atoms with Gasteiger partial charge < -0.3 is 20.7 Å². The maximum atomic E-state index is 11.9. The number of rotatable bonds is 4. The summed E-state index contributed by atoms with van der Waals surface area (Å²) < 4.78 is 5.31. The zero-order valence-corrected chi connectivity index (χ0v) is 12.3. The Bertz CT molecular complexity index is 719. The zero-order valence-electron chi connectivity index (χ0n) is 12.3. The molecule has 0 saturated carbocycles. The maximum Gasteiger partial charge on any atom is 0.319 e. The molecule has 3 amide bonds. The number of hydrogen-bond donors (Lipinski definition) is 3. The lowest BCUT2D eigenvalue weighted by molar-refractivity contribution is -0.118. The highest BCUT2D eigenvalue weighted by Gasteiger charge is 2.16. The number of aromatic nitrogens is 1. The molecule has 1 aromatic heterocycles. The molecule has 0 bridgehead atoms. The molecular weight excluding hydrogens is 296 g/mol. The molecule has 23 heavy (non-hydrogen) atoms. The van der Waals surface area contributed by atoms with E-state index in [1.807, 2.05) is 12.1 Å². The van der Waals surface area contributed by atoms with Gasteiger partial charge in [0.25, 0.3) is 5.91 Å². The van der Waals surface area contributed by atoms with Crippen LogP contribution >= 0.6 is 0 Å². The fraction of sp³-hybridized carbons (Fsp3) is 0.188. The molecule has 0 unspecified atom stereocenters. The first-order valence-corrected chi connectivity index (χ1v) is 7.21. The highest BCUT2D eigenvalue weighted by atomic mass is 16.5. The second-order valence-corrected chi connectivity index (χ2v) is 5.04. The average molecular weight is 312 g/mol. The van der Waals surface area contributed by atoms with Crippen LogP contribution in [0.25, 0.3) is 0 Å². The molecule has 1 aliphatic heterocycles. The van der Waals surface area contributed by atoms with E-state index in [1.54, 1.807) is 30.6 Å². The van der Waals surface area contributed by atoms with Crippen molar-refractivity contribution in [1.29, 1.82) is 0 Å². The maximum absolute atomic E-state index is 11.9. The number of nitrogens with zero attached hydrogens (tertiary/aromatic N) is 1. The first-order chi connectivity index (χ1) is 11.2. The molecule has 0 spiro atoms. The Kier molecular flexibility index (Phi) is 4.37. The predicted molar refractivity (Wildman–Crippen MR) is 85.5 cm³/mol. The second-order valence-electron chi connectivity index (χ2n) is 5.04. The number of pyridine rings is 1. The summed E-state index contributed by atoms with van der Waals surface area (Å²) in [5.74, 6) is 0.351. The van der Waals surface area contributed by atoms with Crippen LogP contribution < -0.4 is 20.7 Å². The number of amides is 3. The summed E-state index contributed by atoms with van der Waals surface area (Å²) >= 11 is 0. The molecule has 0 fully saturated rings. The number of anilines is 2. The summed E-state index contributed by atoms with van der Waals surface area (Å²) in [5, 5.41) is 8.20. The van der Waals surface area contributed by atoms with Crippen molar-refractivity contribution in [3.63, 3.8) is 0 Å². The minimum Gasteiger partial charge on any atom is -0.482 e. The van der Waals surface area contributed by atoms with Crippen LogP contribution in [0.2, 0.25) is 0 Å². The van der Waals surface area contributed by atoms with Crippen molar-refractivity contribution in [3.8, 4) is 5.75 Å². The van der Waals surface area contributed by atoms with Gasteiger partial charge in [0, 0.05) is 30.7 Å². The molecule has 2 aromatic rings. The normalized spacial score (nSPS) is 12.6. The lowest BCUT2D eigenvalue weighted by atomic mass is 10.2. The van der Waals surface area contributed by atoms with E-state index in [0.29, 0.717) is 30.1 Å². The number of fused-ring (bicyclic) bond motifs is 1. The highest BCUT2D eigenvalue weighted by Crippen LogP contribution is 2.30. The van der Waals surface area contributed by atoms with E-state index >= 15 is 0 Å². The first kappa shape index (κ1) is 14.8. The van der Waals surface area contributed by atoms with Gasteiger partial charge in [0.2, 0.25) is 0 Å². The molecule has 7 heteroatoms. The molecule has 3 rings (SSSR count). The van der Waals surface area contributed by atoms with Crippen LogP contribution in [0, 0.1) is 0 Å². The highest BCUT2D eigenvalue weighted by molar-refractivity contribution is 5.96. The van der Waals surface area contributed by atoms with Crippen molar-refractivity contribution in [2.45, 2.75) is 6.42 Å². The molecule has 1 aliphatic rings. The third-order valence-corrected chi connectivity index (χ3v) is 3.29. The molecule has 118 valence electrons. The van der Waals surface area contributed by atoms with E-state index in [1.165, 1.54) is 0 Å². The number of benzene rings is 1. The summed E-state index contributed by atoms with van der Waals surface area (Å²) in [6.07, 6.45) is 4.19. The van der Waals surface area contributed by atoms with E-state index in [2.05, 4.69) is 20.9 Å². The third kappa shape index (κ3) is 3.97. The minimum absolute atomic E-state index is 0.0201. The Morgan fingerprint density at radius 3 is 3.09 bits per heavy atom. The molecule has 1 aromatic carbocycles. The second kappa shape index (κ2) is 6.78. The summed E-state index contributed by atoms with van der Waals surface area (Å²) in [6, 6.07) is 8.60.